The first-order valence-corrected chi connectivity index (χ1v) is 8.17. The molecule has 0 saturated carbocycles. The number of imidazole rings is 1. The van der Waals surface area contributed by atoms with Gasteiger partial charge in [0.1, 0.15) is 24.2 Å². The van der Waals surface area contributed by atoms with Gasteiger partial charge in [-0.1, -0.05) is 6.92 Å². The van der Waals surface area contributed by atoms with Crippen LogP contribution in [0.1, 0.15) is 12.7 Å². The second-order valence-corrected chi connectivity index (χ2v) is 6.09. The smallest absolute Gasteiger partial charge is 0.227 e. The predicted octanol–water partition coefficient (Wildman–Crippen LogP) is 1.50. The van der Waals surface area contributed by atoms with Crippen LogP contribution in [0.2, 0.25) is 0 Å². The first-order chi connectivity index (χ1) is 12.1. The van der Waals surface area contributed by atoms with Crippen molar-refractivity contribution in [2.45, 2.75) is 19.9 Å². The molecule has 0 radical (unpaired) electrons. The van der Waals surface area contributed by atoms with Gasteiger partial charge in [0.15, 0.2) is 0 Å². The lowest BCUT2D eigenvalue weighted by molar-refractivity contribution is -0.134. The number of carbonyl (C=O) groups excluding carboxylic acids is 1. The van der Waals surface area contributed by atoms with Crippen LogP contribution < -0.4 is 4.74 Å². The lowest BCUT2D eigenvalue weighted by atomic mass is 10.1. The highest BCUT2D eigenvalue weighted by atomic mass is 16.5. The summed E-state index contributed by atoms with van der Waals surface area (Å²) in [6.07, 6.45) is 3.75. The molecule has 0 aliphatic heterocycles. The number of benzene rings is 1. The highest BCUT2D eigenvalue weighted by molar-refractivity contribution is 5.78. The summed E-state index contributed by atoms with van der Waals surface area (Å²) in [5.74, 6) is 1.56. The molecule has 0 fully saturated rings. The standard InChI is InChI=1S/C17H22N6O2/c1-12(9-23-11-18-10-19-23)17(24)22(2)7-6-16-20-14-5-4-13(25-3)8-15(14)21-16/h4-5,8,10-12H,6-7,9H2,1-3H3,(H,20,21). The van der Waals surface area contributed by atoms with Gasteiger partial charge in [-0.3, -0.25) is 9.48 Å². The van der Waals surface area contributed by atoms with E-state index in [1.54, 1.807) is 23.0 Å². The summed E-state index contributed by atoms with van der Waals surface area (Å²) >= 11 is 0. The van der Waals surface area contributed by atoms with Crippen molar-refractivity contribution in [3.8, 4) is 5.75 Å². The summed E-state index contributed by atoms with van der Waals surface area (Å²) in [6.45, 7) is 3.01. The monoisotopic (exact) mass is 342 g/mol. The highest BCUT2D eigenvalue weighted by Gasteiger charge is 2.18. The predicted molar refractivity (Wildman–Crippen MR) is 93.2 cm³/mol. The molecule has 0 saturated heterocycles. The molecular formula is C17H22N6O2. The summed E-state index contributed by atoms with van der Waals surface area (Å²) in [5.41, 5.74) is 1.83. The van der Waals surface area contributed by atoms with E-state index in [4.69, 9.17) is 4.74 Å². The van der Waals surface area contributed by atoms with Crippen LogP contribution in [-0.4, -0.2) is 56.2 Å². The minimum absolute atomic E-state index is 0.0771. The Bertz CT molecular complexity index is 842. The number of hydrogen-bond acceptors (Lipinski definition) is 5. The number of nitrogens with one attached hydrogen (secondary N) is 1. The Hall–Kier alpha value is -2.90. The van der Waals surface area contributed by atoms with Crippen molar-refractivity contribution in [3.63, 3.8) is 0 Å². The number of amides is 1. The number of aromatic amines is 1. The largest absolute Gasteiger partial charge is 0.497 e. The molecule has 0 spiro atoms. The van der Waals surface area contributed by atoms with E-state index in [1.807, 2.05) is 32.2 Å². The SMILES string of the molecule is COc1ccc2nc(CCN(C)C(=O)C(C)Cn3cncn3)[nH]c2c1. The van der Waals surface area contributed by atoms with Crippen molar-refractivity contribution < 1.29 is 9.53 Å². The van der Waals surface area contributed by atoms with E-state index in [9.17, 15) is 4.79 Å². The van der Waals surface area contributed by atoms with Gasteiger partial charge in [0.05, 0.1) is 30.6 Å². The molecule has 0 aliphatic carbocycles. The van der Waals surface area contributed by atoms with Crippen LogP contribution in [0, 0.1) is 5.92 Å². The second kappa shape index (κ2) is 7.33. The number of ether oxygens (including phenoxy) is 1. The van der Waals surface area contributed by atoms with Gasteiger partial charge in [0, 0.05) is 26.1 Å². The molecule has 132 valence electrons. The van der Waals surface area contributed by atoms with Crippen LogP contribution in [0.25, 0.3) is 11.0 Å². The molecule has 8 heteroatoms. The average Bonchev–Trinajstić information content (AvgIpc) is 3.27. The zero-order valence-corrected chi connectivity index (χ0v) is 14.6. The molecule has 25 heavy (non-hydrogen) atoms. The zero-order valence-electron chi connectivity index (χ0n) is 14.6. The Kier molecular flexibility index (Phi) is 4.97. The molecule has 3 aromatic rings. The van der Waals surface area contributed by atoms with Gasteiger partial charge in [-0.2, -0.15) is 5.10 Å². The van der Waals surface area contributed by atoms with Crippen LogP contribution in [0.15, 0.2) is 30.9 Å². The number of rotatable bonds is 7. The third-order valence-electron chi connectivity index (χ3n) is 4.15. The van der Waals surface area contributed by atoms with E-state index in [0.29, 0.717) is 19.5 Å². The maximum Gasteiger partial charge on any atom is 0.227 e. The fourth-order valence-corrected chi connectivity index (χ4v) is 2.73. The van der Waals surface area contributed by atoms with E-state index in [-0.39, 0.29) is 11.8 Å². The molecule has 2 aromatic heterocycles. The summed E-state index contributed by atoms with van der Waals surface area (Å²) in [5, 5.41) is 4.04. The molecule has 1 unspecified atom stereocenters. The number of fused-ring (bicyclic) bond motifs is 1. The van der Waals surface area contributed by atoms with Crippen LogP contribution in [-0.2, 0) is 17.8 Å². The third kappa shape index (κ3) is 3.96. The Morgan fingerprint density at radius 1 is 1.44 bits per heavy atom. The normalized spacial score (nSPS) is 12.3. The van der Waals surface area contributed by atoms with Crippen molar-refractivity contribution in [2.24, 2.45) is 5.92 Å². The number of aromatic nitrogens is 5. The fourth-order valence-electron chi connectivity index (χ4n) is 2.73. The van der Waals surface area contributed by atoms with Crippen LogP contribution in [0.4, 0.5) is 0 Å². The zero-order chi connectivity index (χ0) is 17.8. The number of methoxy groups -OCH3 is 1. The summed E-state index contributed by atoms with van der Waals surface area (Å²) in [4.78, 5) is 25.9. The van der Waals surface area contributed by atoms with E-state index < -0.39 is 0 Å². The molecule has 0 aliphatic rings. The van der Waals surface area contributed by atoms with E-state index in [1.165, 1.54) is 6.33 Å². The second-order valence-electron chi connectivity index (χ2n) is 6.09. The van der Waals surface area contributed by atoms with E-state index >= 15 is 0 Å². The minimum atomic E-state index is -0.161. The summed E-state index contributed by atoms with van der Waals surface area (Å²) in [6, 6.07) is 5.72. The first-order valence-electron chi connectivity index (χ1n) is 8.17. The van der Waals surface area contributed by atoms with Gasteiger partial charge in [-0.05, 0) is 12.1 Å². The van der Waals surface area contributed by atoms with Gasteiger partial charge in [0.2, 0.25) is 5.91 Å². The summed E-state index contributed by atoms with van der Waals surface area (Å²) < 4.78 is 6.89. The lowest BCUT2D eigenvalue weighted by Gasteiger charge is -2.20. The Labute approximate surface area is 145 Å². The van der Waals surface area contributed by atoms with Crippen LogP contribution in [0.3, 0.4) is 0 Å². The highest BCUT2D eigenvalue weighted by Crippen LogP contribution is 2.19. The minimum Gasteiger partial charge on any atom is -0.497 e. The molecule has 2 heterocycles. The van der Waals surface area contributed by atoms with Crippen molar-refractivity contribution in [1.82, 2.24) is 29.6 Å². The van der Waals surface area contributed by atoms with E-state index in [2.05, 4.69) is 20.1 Å². The molecule has 8 nitrogen and oxygen atoms in total. The van der Waals surface area contributed by atoms with Crippen molar-refractivity contribution >= 4 is 16.9 Å². The molecule has 3 rings (SSSR count). The summed E-state index contributed by atoms with van der Waals surface area (Å²) in [7, 11) is 3.45. The number of hydrogen-bond donors (Lipinski definition) is 1. The lowest BCUT2D eigenvalue weighted by Crippen LogP contribution is -2.35. The Morgan fingerprint density at radius 3 is 3.00 bits per heavy atom. The van der Waals surface area contributed by atoms with Gasteiger partial charge in [-0.15, -0.1) is 0 Å². The van der Waals surface area contributed by atoms with Crippen molar-refractivity contribution in [2.75, 3.05) is 20.7 Å². The van der Waals surface area contributed by atoms with Gasteiger partial charge in [-0.25, -0.2) is 9.97 Å². The molecule has 0 bridgehead atoms. The quantitative estimate of drug-likeness (QED) is 0.703. The third-order valence-corrected chi connectivity index (χ3v) is 4.15. The maximum atomic E-state index is 12.5. The number of carbonyl (C=O) groups is 1. The van der Waals surface area contributed by atoms with Crippen LogP contribution in [0.5, 0.6) is 5.75 Å². The van der Waals surface area contributed by atoms with Gasteiger partial charge in [0.25, 0.3) is 0 Å². The molecular weight excluding hydrogens is 320 g/mol. The molecule has 1 aromatic carbocycles. The van der Waals surface area contributed by atoms with E-state index in [0.717, 1.165) is 22.6 Å². The average molecular weight is 342 g/mol. The van der Waals surface area contributed by atoms with Gasteiger partial charge >= 0.3 is 0 Å². The number of H-pyrrole nitrogens is 1. The van der Waals surface area contributed by atoms with Crippen molar-refractivity contribution in [3.05, 3.63) is 36.7 Å². The molecule has 1 N–H and O–H groups in total. The number of likely N-dealkylation sites (N-methyl/N-ethyl adjacent to an activating group) is 1. The first kappa shape index (κ1) is 16.9. The van der Waals surface area contributed by atoms with Crippen molar-refractivity contribution in [1.29, 1.82) is 0 Å². The fraction of sp³-hybridized carbons (Fsp3) is 0.412. The Morgan fingerprint density at radius 2 is 2.28 bits per heavy atom. The topological polar surface area (TPSA) is 88.9 Å². The number of nitrogens with zero attached hydrogens (tertiary/aromatic N) is 5. The van der Waals surface area contributed by atoms with Crippen LogP contribution >= 0.6 is 0 Å². The maximum absolute atomic E-state index is 12.5. The van der Waals surface area contributed by atoms with Gasteiger partial charge < -0.3 is 14.6 Å². The molecule has 1 atom stereocenters. The Balaban J connectivity index is 1.57. The molecule has 1 amide bonds.